The molecule has 0 aliphatic carbocycles. The van der Waals surface area contributed by atoms with Crippen molar-refractivity contribution >= 4 is 34.5 Å². The molecule has 1 unspecified atom stereocenters. The summed E-state index contributed by atoms with van der Waals surface area (Å²) in [5.41, 5.74) is 2.66. The normalized spacial score (nSPS) is 12.3. The fourth-order valence-corrected chi connectivity index (χ4v) is 3.32. The molecule has 0 saturated carbocycles. The number of halogens is 3. The Morgan fingerprint density at radius 3 is 2.33 bits per heavy atom. The Morgan fingerprint density at radius 1 is 1.07 bits per heavy atom. The van der Waals surface area contributed by atoms with Crippen molar-refractivity contribution in [3.05, 3.63) is 76.2 Å². The maximum Gasteiger partial charge on any atom is 0.416 e. The summed E-state index contributed by atoms with van der Waals surface area (Å²) in [5.74, 6) is -1.04. The molecule has 1 aromatic heterocycles. The largest absolute Gasteiger partial charge is 0.416 e. The lowest BCUT2D eigenvalue weighted by atomic mass is 9.95. The van der Waals surface area contributed by atoms with Crippen LogP contribution in [0.2, 0.25) is 0 Å². The van der Waals surface area contributed by atoms with Gasteiger partial charge in [-0.1, -0.05) is 25.1 Å². The van der Waals surface area contributed by atoms with Crippen LogP contribution in [0.5, 0.6) is 0 Å². The second kappa shape index (κ2) is 9.08. The van der Waals surface area contributed by atoms with Crippen LogP contribution in [0.1, 0.15) is 40.9 Å². The summed E-state index contributed by atoms with van der Waals surface area (Å²) in [6.07, 6.45) is -4.39. The molecule has 2 amide bonds. The highest BCUT2D eigenvalue weighted by Crippen LogP contribution is 2.31. The number of carbonyl (C=O) groups excluding carboxylic acids is 2. The predicted octanol–water partition coefficient (Wildman–Crippen LogP) is 5.55. The van der Waals surface area contributed by atoms with E-state index in [1.165, 1.54) is 17.4 Å². The van der Waals surface area contributed by atoms with Crippen molar-refractivity contribution in [3.8, 4) is 0 Å². The number of hydrogen-bond donors (Lipinski definition) is 2. The first-order valence-corrected chi connectivity index (χ1v) is 9.93. The van der Waals surface area contributed by atoms with Gasteiger partial charge in [-0.15, -0.1) is 11.3 Å². The van der Waals surface area contributed by atoms with Gasteiger partial charge in [-0.3, -0.25) is 9.59 Å². The van der Waals surface area contributed by atoms with Gasteiger partial charge in [0.25, 0.3) is 5.91 Å². The standard InChI is InChI=1S/C21H18F3N3O2S/c1-13(14-3-2-4-15(10-14)21(22,23)24)9-19(28)26-16-5-7-17(8-6-16)27-20(29)18-11-30-12-25-18/h2-8,10-13H,9H2,1H3,(H,26,28)(H,27,29). The van der Waals surface area contributed by atoms with E-state index in [1.807, 2.05) is 0 Å². The lowest BCUT2D eigenvalue weighted by Gasteiger charge is -2.14. The maximum absolute atomic E-state index is 12.9. The molecule has 2 aromatic carbocycles. The predicted molar refractivity (Wildman–Crippen MR) is 110 cm³/mol. The molecule has 1 heterocycles. The number of benzene rings is 2. The molecule has 0 radical (unpaired) electrons. The number of alkyl halides is 3. The number of rotatable bonds is 6. The third-order valence-electron chi connectivity index (χ3n) is 4.37. The van der Waals surface area contributed by atoms with E-state index < -0.39 is 11.7 Å². The summed E-state index contributed by atoms with van der Waals surface area (Å²) < 4.78 is 38.6. The molecule has 2 N–H and O–H groups in total. The topological polar surface area (TPSA) is 71.1 Å². The van der Waals surface area contributed by atoms with E-state index in [2.05, 4.69) is 15.6 Å². The highest BCUT2D eigenvalue weighted by molar-refractivity contribution is 7.07. The SMILES string of the molecule is CC(CC(=O)Nc1ccc(NC(=O)c2cscn2)cc1)c1cccc(C(F)(F)F)c1. The fraction of sp³-hybridized carbons (Fsp3) is 0.190. The number of aromatic nitrogens is 1. The van der Waals surface area contributed by atoms with Crippen LogP contribution in [0.4, 0.5) is 24.5 Å². The van der Waals surface area contributed by atoms with Crippen LogP contribution < -0.4 is 10.6 Å². The molecule has 3 aromatic rings. The second-order valence-corrected chi connectivity index (χ2v) is 7.40. The summed E-state index contributed by atoms with van der Waals surface area (Å²) in [6, 6.07) is 11.5. The molecule has 1 atom stereocenters. The van der Waals surface area contributed by atoms with E-state index in [0.29, 0.717) is 22.6 Å². The smallest absolute Gasteiger partial charge is 0.326 e. The quantitative estimate of drug-likeness (QED) is 0.536. The molecule has 30 heavy (non-hydrogen) atoms. The molecule has 3 rings (SSSR count). The van der Waals surface area contributed by atoms with Gasteiger partial charge in [0.2, 0.25) is 5.91 Å². The second-order valence-electron chi connectivity index (χ2n) is 6.68. The average molecular weight is 433 g/mol. The minimum absolute atomic E-state index is 0.0314. The molecule has 5 nitrogen and oxygen atoms in total. The zero-order chi connectivity index (χ0) is 21.7. The molecule has 0 bridgehead atoms. The number of carbonyl (C=O) groups is 2. The number of anilines is 2. The molecule has 9 heteroatoms. The average Bonchev–Trinajstić information content (AvgIpc) is 3.24. The van der Waals surface area contributed by atoms with Gasteiger partial charge in [0.15, 0.2) is 0 Å². The van der Waals surface area contributed by atoms with E-state index in [-0.39, 0.29) is 24.2 Å². The van der Waals surface area contributed by atoms with Crippen LogP contribution >= 0.6 is 11.3 Å². The van der Waals surface area contributed by atoms with Crippen LogP contribution in [-0.2, 0) is 11.0 Å². The van der Waals surface area contributed by atoms with E-state index in [0.717, 1.165) is 12.1 Å². The lowest BCUT2D eigenvalue weighted by Crippen LogP contribution is -2.15. The number of thiazole rings is 1. The van der Waals surface area contributed by atoms with Gasteiger partial charge in [-0.25, -0.2) is 4.98 Å². The highest BCUT2D eigenvalue weighted by Gasteiger charge is 2.30. The van der Waals surface area contributed by atoms with Crippen LogP contribution in [0.3, 0.4) is 0 Å². The van der Waals surface area contributed by atoms with Crippen molar-refractivity contribution in [1.29, 1.82) is 0 Å². The van der Waals surface area contributed by atoms with Crippen molar-refractivity contribution in [2.75, 3.05) is 10.6 Å². The minimum atomic E-state index is -4.42. The van der Waals surface area contributed by atoms with Crippen LogP contribution in [0, 0.1) is 0 Å². The van der Waals surface area contributed by atoms with Crippen molar-refractivity contribution in [2.24, 2.45) is 0 Å². The third kappa shape index (κ3) is 5.66. The number of nitrogens with zero attached hydrogens (tertiary/aromatic N) is 1. The summed E-state index contributed by atoms with van der Waals surface area (Å²) in [5, 5.41) is 7.04. The summed E-state index contributed by atoms with van der Waals surface area (Å²) >= 11 is 1.32. The molecular formula is C21H18F3N3O2S. The van der Waals surface area contributed by atoms with Crippen LogP contribution in [-0.4, -0.2) is 16.8 Å². The van der Waals surface area contributed by atoms with Gasteiger partial charge in [0.05, 0.1) is 11.1 Å². The minimum Gasteiger partial charge on any atom is -0.326 e. The fourth-order valence-electron chi connectivity index (χ4n) is 2.79. The van der Waals surface area contributed by atoms with Gasteiger partial charge in [-0.05, 0) is 41.8 Å². The van der Waals surface area contributed by atoms with E-state index in [9.17, 15) is 22.8 Å². The number of nitrogens with one attached hydrogen (secondary N) is 2. The Morgan fingerprint density at radius 2 is 1.73 bits per heavy atom. The molecule has 156 valence electrons. The van der Waals surface area contributed by atoms with Gasteiger partial charge in [-0.2, -0.15) is 13.2 Å². The first-order valence-electron chi connectivity index (χ1n) is 8.99. The number of hydrogen-bond acceptors (Lipinski definition) is 4. The molecule has 0 spiro atoms. The first kappa shape index (κ1) is 21.5. The molecular weight excluding hydrogens is 415 g/mol. The van der Waals surface area contributed by atoms with Gasteiger partial charge < -0.3 is 10.6 Å². The van der Waals surface area contributed by atoms with Crippen molar-refractivity contribution < 1.29 is 22.8 Å². The van der Waals surface area contributed by atoms with E-state index in [4.69, 9.17) is 0 Å². The first-order chi connectivity index (χ1) is 14.2. The highest BCUT2D eigenvalue weighted by atomic mass is 32.1. The Labute approximate surface area is 175 Å². The summed E-state index contributed by atoms with van der Waals surface area (Å²) in [7, 11) is 0. The monoisotopic (exact) mass is 433 g/mol. The molecule has 0 fully saturated rings. The van der Waals surface area contributed by atoms with Crippen molar-refractivity contribution in [1.82, 2.24) is 4.98 Å². The molecule has 0 aliphatic rings. The zero-order valence-corrected chi connectivity index (χ0v) is 16.7. The van der Waals surface area contributed by atoms with Crippen molar-refractivity contribution in [2.45, 2.75) is 25.4 Å². The Bertz CT molecular complexity index is 1020. The van der Waals surface area contributed by atoms with Gasteiger partial charge in [0, 0.05) is 23.2 Å². The molecule has 0 aliphatic heterocycles. The zero-order valence-electron chi connectivity index (χ0n) is 15.9. The van der Waals surface area contributed by atoms with Crippen molar-refractivity contribution in [3.63, 3.8) is 0 Å². The number of amides is 2. The Balaban J connectivity index is 1.56. The Kier molecular flexibility index (Phi) is 6.51. The summed E-state index contributed by atoms with van der Waals surface area (Å²) in [4.78, 5) is 28.2. The maximum atomic E-state index is 12.9. The van der Waals surface area contributed by atoms with Crippen LogP contribution in [0.25, 0.3) is 0 Å². The van der Waals surface area contributed by atoms with Gasteiger partial charge >= 0.3 is 6.18 Å². The van der Waals surface area contributed by atoms with Crippen LogP contribution in [0.15, 0.2) is 59.4 Å². The van der Waals surface area contributed by atoms with E-state index >= 15 is 0 Å². The Hall–Kier alpha value is -3.20. The summed E-state index contributed by atoms with van der Waals surface area (Å²) in [6.45, 7) is 1.70. The third-order valence-corrected chi connectivity index (χ3v) is 4.95. The van der Waals surface area contributed by atoms with Gasteiger partial charge in [0.1, 0.15) is 5.69 Å². The molecule has 0 saturated heterocycles. The van der Waals surface area contributed by atoms with E-state index in [1.54, 1.807) is 48.1 Å². The lowest BCUT2D eigenvalue weighted by molar-refractivity contribution is -0.137.